The van der Waals surface area contributed by atoms with Crippen LogP contribution in [0, 0.1) is 5.92 Å². The Kier molecular flexibility index (Phi) is 5.88. The molecule has 0 amide bonds. The van der Waals surface area contributed by atoms with Gasteiger partial charge in [-0.1, -0.05) is 57.0 Å². The van der Waals surface area contributed by atoms with Crippen molar-refractivity contribution in [3.63, 3.8) is 0 Å². The fraction of sp³-hybridized carbons (Fsp3) is 0.647. The van der Waals surface area contributed by atoms with Crippen molar-refractivity contribution in [2.45, 2.75) is 52.2 Å². The molecule has 1 saturated heterocycles. The average Bonchev–Trinajstić information content (AvgIpc) is 2.48. The fourth-order valence-corrected chi connectivity index (χ4v) is 3.19. The lowest BCUT2D eigenvalue weighted by atomic mass is 9.94. The summed E-state index contributed by atoms with van der Waals surface area (Å²) in [5.41, 5.74) is 1.25. The molecule has 0 aromatic heterocycles. The minimum Gasteiger partial charge on any atom is -0.311 e. The van der Waals surface area contributed by atoms with E-state index in [2.05, 4.69) is 43.1 Å². The number of hydrogen-bond donors (Lipinski definition) is 1. The van der Waals surface area contributed by atoms with Crippen LogP contribution < -0.4 is 5.32 Å². The molecule has 2 nitrogen and oxygen atoms in total. The van der Waals surface area contributed by atoms with E-state index < -0.39 is 0 Å². The first-order valence-corrected chi connectivity index (χ1v) is 8.24. The molecule has 20 heavy (non-hydrogen) atoms. The summed E-state index contributed by atoms with van der Waals surface area (Å²) in [6, 6.07) is 9.44. The van der Waals surface area contributed by atoms with Crippen molar-refractivity contribution in [3.8, 4) is 0 Å². The van der Waals surface area contributed by atoms with Crippen molar-refractivity contribution < 1.29 is 0 Å². The first kappa shape index (κ1) is 15.8. The van der Waals surface area contributed by atoms with Crippen LogP contribution in [0.5, 0.6) is 0 Å². The molecule has 0 aliphatic carbocycles. The van der Waals surface area contributed by atoms with Crippen LogP contribution in [0.25, 0.3) is 0 Å². The second-order valence-electron chi connectivity index (χ2n) is 5.98. The monoisotopic (exact) mass is 294 g/mol. The van der Waals surface area contributed by atoms with Crippen LogP contribution in [0.2, 0.25) is 5.02 Å². The summed E-state index contributed by atoms with van der Waals surface area (Å²) in [6.45, 7) is 10.1. The minimum atomic E-state index is 0.602. The zero-order valence-corrected chi connectivity index (χ0v) is 13.7. The van der Waals surface area contributed by atoms with Crippen LogP contribution in [-0.4, -0.2) is 30.1 Å². The highest BCUT2D eigenvalue weighted by Crippen LogP contribution is 2.22. The SMILES string of the molecule is CCC(C)C1CN(Cc2ccccc2Cl)C(CC)CN1. The van der Waals surface area contributed by atoms with Crippen molar-refractivity contribution in [1.82, 2.24) is 10.2 Å². The van der Waals surface area contributed by atoms with Gasteiger partial charge in [0.2, 0.25) is 0 Å². The highest BCUT2D eigenvalue weighted by atomic mass is 35.5. The molecule has 3 atom stereocenters. The van der Waals surface area contributed by atoms with Gasteiger partial charge < -0.3 is 5.32 Å². The van der Waals surface area contributed by atoms with Gasteiger partial charge in [-0.2, -0.15) is 0 Å². The molecule has 1 N–H and O–H groups in total. The van der Waals surface area contributed by atoms with Crippen LogP contribution in [0.1, 0.15) is 39.2 Å². The molecule has 1 aromatic rings. The Morgan fingerprint density at radius 1 is 1.35 bits per heavy atom. The topological polar surface area (TPSA) is 15.3 Å². The van der Waals surface area contributed by atoms with E-state index in [1.165, 1.54) is 18.4 Å². The van der Waals surface area contributed by atoms with Gasteiger partial charge in [0.25, 0.3) is 0 Å². The zero-order valence-electron chi connectivity index (χ0n) is 12.9. The van der Waals surface area contributed by atoms with Gasteiger partial charge in [-0.05, 0) is 24.0 Å². The number of halogens is 1. The molecule has 3 heteroatoms. The lowest BCUT2D eigenvalue weighted by Crippen LogP contribution is -2.57. The number of benzene rings is 1. The van der Waals surface area contributed by atoms with E-state index in [9.17, 15) is 0 Å². The van der Waals surface area contributed by atoms with Gasteiger partial charge in [-0.25, -0.2) is 0 Å². The molecule has 2 rings (SSSR count). The molecule has 3 unspecified atom stereocenters. The molecular formula is C17H27ClN2. The maximum atomic E-state index is 6.32. The number of nitrogens with one attached hydrogen (secondary N) is 1. The molecule has 0 spiro atoms. The normalized spacial score (nSPS) is 25.6. The maximum Gasteiger partial charge on any atom is 0.0451 e. The van der Waals surface area contributed by atoms with E-state index in [0.29, 0.717) is 12.1 Å². The van der Waals surface area contributed by atoms with E-state index in [1.54, 1.807) is 0 Å². The maximum absolute atomic E-state index is 6.32. The third-order valence-corrected chi connectivity index (χ3v) is 5.07. The Morgan fingerprint density at radius 3 is 2.75 bits per heavy atom. The van der Waals surface area contributed by atoms with Crippen molar-refractivity contribution in [2.24, 2.45) is 5.92 Å². The van der Waals surface area contributed by atoms with Gasteiger partial charge in [0.15, 0.2) is 0 Å². The molecule has 1 fully saturated rings. The van der Waals surface area contributed by atoms with Crippen LogP contribution in [0.3, 0.4) is 0 Å². The summed E-state index contributed by atoms with van der Waals surface area (Å²) in [7, 11) is 0. The third-order valence-electron chi connectivity index (χ3n) is 4.70. The number of rotatable bonds is 5. The van der Waals surface area contributed by atoms with Crippen molar-refractivity contribution in [2.75, 3.05) is 13.1 Å². The first-order valence-electron chi connectivity index (χ1n) is 7.86. The van der Waals surface area contributed by atoms with E-state index in [0.717, 1.165) is 30.6 Å². The summed E-state index contributed by atoms with van der Waals surface area (Å²) in [6.07, 6.45) is 2.42. The Bertz CT molecular complexity index is 421. The molecule has 112 valence electrons. The van der Waals surface area contributed by atoms with Crippen molar-refractivity contribution in [1.29, 1.82) is 0 Å². The standard InChI is InChI=1S/C17H27ClN2/c1-4-13(3)17-12-20(15(5-2)10-19-17)11-14-8-6-7-9-16(14)18/h6-9,13,15,17,19H,4-5,10-12H2,1-3H3. The molecule has 1 aliphatic rings. The van der Waals surface area contributed by atoms with E-state index in [1.807, 2.05) is 12.1 Å². The molecule has 0 saturated carbocycles. The summed E-state index contributed by atoms with van der Waals surface area (Å²) >= 11 is 6.32. The molecule has 0 radical (unpaired) electrons. The molecule has 1 aliphatic heterocycles. The Hall–Kier alpha value is -0.570. The van der Waals surface area contributed by atoms with Crippen molar-refractivity contribution >= 4 is 11.6 Å². The highest BCUT2D eigenvalue weighted by Gasteiger charge is 2.29. The van der Waals surface area contributed by atoms with Crippen LogP contribution in [0.15, 0.2) is 24.3 Å². The minimum absolute atomic E-state index is 0.602. The number of piperazine rings is 1. The fourth-order valence-electron chi connectivity index (χ4n) is 2.99. The molecule has 1 aromatic carbocycles. The quantitative estimate of drug-likeness (QED) is 0.885. The molecule has 0 bridgehead atoms. The Morgan fingerprint density at radius 2 is 2.10 bits per heavy atom. The summed E-state index contributed by atoms with van der Waals surface area (Å²) in [4.78, 5) is 2.61. The zero-order chi connectivity index (χ0) is 14.5. The second-order valence-corrected chi connectivity index (χ2v) is 6.39. The van der Waals surface area contributed by atoms with Gasteiger partial charge in [0, 0.05) is 36.7 Å². The van der Waals surface area contributed by atoms with Gasteiger partial charge >= 0.3 is 0 Å². The van der Waals surface area contributed by atoms with E-state index in [-0.39, 0.29) is 0 Å². The molecular weight excluding hydrogens is 268 g/mol. The summed E-state index contributed by atoms with van der Waals surface area (Å²) < 4.78 is 0. The highest BCUT2D eigenvalue weighted by molar-refractivity contribution is 6.31. The lowest BCUT2D eigenvalue weighted by molar-refractivity contribution is 0.0993. The van der Waals surface area contributed by atoms with Gasteiger partial charge in [-0.3, -0.25) is 4.90 Å². The third kappa shape index (κ3) is 3.75. The lowest BCUT2D eigenvalue weighted by Gasteiger charge is -2.42. The van der Waals surface area contributed by atoms with Gasteiger partial charge in [-0.15, -0.1) is 0 Å². The summed E-state index contributed by atoms with van der Waals surface area (Å²) in [5, 5.41) is 4.62. The van der Waals surface area contributed by atoms with Crippen LogP contribution in [-0.2, 0) is 6.54 Å². The van der Waals surface area contributed by atoms with Gasteiger partial charge in [0.05, 0.1) is 0 Å². The van der Waals surface area contributed by atoms with Gasteiger partial charge in [0.1, 0.15) is 0 Å². The number of nitrogens with zero attached hydrogens (tertiary/aromatic N) is 1. The van der Waals surface area contributed by atoms with Crippen molar-refractivity contribution in [3.05, 3.63) is 34.9 Å². The summed E-state index contributed by atoms with van der Waals surface area (Å²) in [5.74, 6) is 0.724. The Balaban J connectivity index is 2.07. The largest absolute Gasteiger partial charge is 0.311 e. The predicted molar refractivity (Wildman–Crippen MR) is 87.2 cm³/mol. The van der Waals surface area contributed by atoms with E-state index in [4.69, 9.17) is 11.6 Å². The number of hydrogen-bond acceptors (Lipinski definition) is 2. The molecule has 1 heterocycles. The Labute approximate surface area is 128 Å². The first-order chi connectivity index (χ1) is 9.65. The van der Waals surface area contributed by atoms with Crippen LogP contribution >= 0.6 is 11.6 Å². The predicted octanol–water partition coefficient (Wildman–Crippen LogP) is 3.94. The average molecular weight is 295 g/mol. The van der Waals surface area contributed by atoms with E-state index >= 15 is 0 Å². The van der Waals surface area contributed by atoms with Crippen LogP contribution in [0.4, 0.5) is 0 Å². The second kappa shape index (κ2) is 7.44. The smallest absolute Gasteiger partial charge is 0.0451 e.